The molecular formula is C19H24N6O. The highest BCUT2D eigenvalue weighted by Gasteiger charge is 2.22. The fourth-order valence-corrected chi connectivity index (χ4v) is 3.85. The summed E-state index contributed by atoms with van der Waals surface area (Å²) in [5.41, 5.74) is 7.22. The first-order valence-electron chi connectivity index (χ1n) is 9.06. The first-order valence-corrected chi connectivity index (χ1v) is 9.06. The Labute approximate surface area is 151 Å². The van der Waals surface area contributed by atoms with Crippen LogP contribution in [0.1, 0.15) is 41.1 Å². The van der Waals surface area contributed by atoms with Crippen molar-refractivity contribution in [1.82, 2.24) is 30.0 Å². The second-order valence-corrected chi connectivity index (χ2v) is 7.17. The molecule has 3 N–H and O–H groups in total. The number of aryl methyl sites for hydroxylation is 1. The molecule has 4 rings (SSSR count). The monoisotopic (exact) mass is 352 g/mol. The third-order valence-electron chi connectivity index (χ3n) is 4.99. The van der Waals surface area contributed by atoms with Crippen LogP contribution in [0.2, 0.25) is 0 Å². The number of hydrogen-bond acceptors (Lipinski definition) is 4. The minimum atomic E-state index is -0.175. The molecule has 26 heavy (non-hydrogen) atoms. The van der Waals surface area contributed by atoms with Crippen molar-refractivity contribution in [1.29, 1.82) is 0 Å². The minimum Gasteiger partial charge on any atom is -0.361 e. The zero-order valence-corrected chi connectivity index (χ0v) is 15.2. The minimum absolute atomic E-state index is 0.175. The van der Waals surface area contributed by atoms with Gasteiger partial charge in [-0.25, -0.2) is 0 Å². The lowest BCUT2D eigenvalue weighted by molar-refractivity contribution is 0.399. The smallest absolute Gasteiger partial charge is 0.273 e. The Morgan fingerprint density at radius 1 is 1.15 bits per heavy atom. The maximum absolute atomic E-state index is 12.0. The first-order chi connectivity index (χ1) is 12.6. The van der Waals surface area contributed by atoms with Crippen molar-refractivity contribution in [3.63, 3.8) is 0 Å². The molecule has 0 saturated carbocycles. The molecule has 0 bridgehead atoms. The summed E-state index contributed by atoms with van der Waals surface area (Å²) in [6.45, 7) is 0.904. The molecule has 3 aromatic heterocycles. The van der Waals surface area contributed by atoms with Gasteiger partial charge in [-0.15, -0.1) is 0 Å². The van der Waals surface area contributed by atoms with Crippen molar-refractivity contribution in [2.45, 2.75) is 38.6 Å². The average molecular weight is 352 g/mol. The molecule has 3 aromatic rings. The van der Waals surface area contributed by atoms with Gasteiger partial charge in [-0.2, -0.15) is 0 Å². The maximum Gasteiger partial charge on any atom is 0.273 e. The van der Waals surface area contributed by atoms with Crippen LogP contribution in [0.25, 0.3) is 11.3 Å². The van der Waals surface area contributed by atoms with Crippen molar-refractivity contribution >= 4 is 0 Å². The Hall–Kier alpha value is -2.67. The first kappa shape index (κ1) is 16.8. The van der Waals surface area contributed by atoms with E-state index in [1.807, 2.05) is 0 Å². The van der Waals surface area contributed by atoms with Gasteiger partial charge in [0.1, 0.15) is 0 Å². The summed E-state index contributed by atoms with van der Waals surface area (Å²) in [6, 6.07) is 0. The van der Waals surface area contributed by atoms with E-state index in [0.29, 0.717) is 17.7 Å². The van der Waals surface area contributed by atoms with Crippen molar-refractivity contribution in [3.05, 3.63) is 57.2 Å². The lowest BCUT2D eigenvalue weighted by Crippen LogP contribution is -2.14. The zero-order chi connectivity index (χ0) is 18.1. The second kappa shape index (κ2) is 6.92. The Morgan fingerprint density at radius 3 is 2.73 bits per heavy atom. The fourth-order valence-electron chi connectivity index (χ4n) is 3.85. The maximum atomic E-state index is 12.0. The topological polar surface area (TPSA) is 93.5 Å². The molecule has 0 saturated heterocycles. The highest BCUT2D eigenvalue weighted by molar-refractivity contribution is 5.60. The van der Waals surface area contributed by atoms with Gasteiger partial charge in [0, 0.05) is 42.9 Å². The van der Waals surface area contributed by atoms with E-state index in [1.54, 1.807) is 18.6 Å². The Bertz CT molecular complexity index is 965. The highest BCUT2D eigenvalue weighted by Crippen LogP contribution is 2.30. The summed E-state index contributed by atoms with van der Waals surface area (Å²) in [4.78, 5) is 26.8. The van der Waals surface area contributed by atoms with Crippen molar-refractivity contribution in [3.8, 4) is 11.3 Å². The third kappa shape index (κ3) is 3.10. The number of fused-ring (bicyclic) bond motifs is 1. The summed E-state index contributed by atoms with van der Waals surface area (Å²) in [7, 11) is 4.19. The van der Waals surface area contributed by atoms with Crippen molar-refractivity contribution in [2.24, 2.45) is 0 Å². The van der Waals surface area contributed by atoms with E-state index < -0.39 is 0 Å². The molecule has 0 aliphatic heterocycles. The van der Waals surface area contributed by atoms with Crippen LogP contribution in [0.4, 0.5) is 0 Å². The molecule has 7 heteroatoms. The zero-order valence-electron chi connectivity index (χ0n) is 15.2. The quantitative estimate of drug-likeness (QED) is 0.655. The largest absolute Gasteiger partial charge is 0.361 e. The van der Waals surface area contributed by atoms with E-state index in [2.05, 4.69) is 44.1 Å². The van der Waals surface area contributed by atoms with Gasteiger partial charge in [0.25, 0.3) is 5.56 Å². The van der Waals surface area contributed by atoms with Crippen molar-refractivity contribution in [2.75, 3.05) is 14.1 Å². The normalized spacial score (nSPS) is 14.0. The van der Waals surface area contributed by atoms with Crippen molar-refractivity contribution < 1.29 is 0 Å². The Kier molecular flexibility index (Phi) is 4.46. The standard InChI is InChI=1S/C19H24N6O/c1-25(2)11-14-12-5-3-4-6-15(12)23-16(14)9-17-18(21-8-7-20-17)13-10-22-24-19(13)26/h7-8,10,23H,3-6,9,11H2,1-2H3,(H2,22,24,26). The van der Waals surface area contributed by atoms with Crippen LogP contribution in [-0.4, -0.2) is 44.1 Å². The molecular weight excluding hydrogens is 328 g/mol. The highest BCUT2D eigenvalue weighted by atomic mass is 16.1. The van der Waals surface area contributed by atoms with Crippen LogP contribution in [-0.2, 0) is 25.8 Å². The van der Waals surface area contributed by atoms with Gasteiger partial charge in [0.05, 0.1) is 17.0 Å². The Morgan fingerprint density at radius 2 is 1.96 bits per heavy atom. The van der Waals surface area contributed by atoms with Crippen LogP contribution >= 0.6 is 0 Å². The molecule has 1 aliphatic rings. The number of hydrogen-bond donors (Lipinski definition) is 3. The molecule has 0 spiro atoms. The number of aromatic amines is 3. The fraction of sp³-hybridized carbons (Fsp3) is 0.421. The lowest BCUT2D eigenvalue weighted by Gasteiger charge is -2.16. The van der Waals surface area contributed by atoms with Gasteiger partial charge in [0.2, 0.25) is 0 Å². The predicted octanol–water partition coefficient (Wildman–Crippen LogP) is 2.02. The number of nitrogens with one attached hydrogen (secondary N) is 3. The third-order valence-corrected chi connectivity index (χ3v) is 4.99. The molecule has 1 aliphatic carbocycles. The lowest BCUT2D eigenvalue weighted by atomic mass is 9.93. The summed E-state index contributed by atoms with van der Waals surface area (Å²) in [5, 5.41) is 5.32. The predicted molar refractivity (Wildman–Crippen MR) is 100 cm³/mol. The van der Waals surface area contributed by atoms with Gasteiger partial charge in [-0.05, 0) is 50.9 Å². The van der Waals surface area contributed by atoms with Crippen LogP contribution in [0.5, 0.6) is 0 Å². The molecule has 3 heterocycles. The van der Waals surface area contributed by atoms with E-state index in [0.717, 1.165) is 25.1 Å². The molecule has 0 radical (unpaired) electrons. The van der Waals surface area contributed by atoms with Gasteiger partial charge in [0.15, 0.2) is 0 Å². The summed E-state index contributed by atoms with van der Waals surface area (Å²) < 4.78 is 0. The SMILES string of the molecule is CN(C)Cc1c(Cc2nccnc2-c2c[nH][nH]c2=O)[nH]c2c1CCCC2. The van der Waals surface area contributed by atoms with Gasteiger partial charge < -0.3 is 15.0 Å². The number of rotatable bonds is 5. The van der Waals surface area contributed by atoms with E-state index in [1.165, 1.54) is 35.4 Å². The van der Waals surface area contributed by atoms with Gasteiger partial charge >= 0.3 is 0 Å². The van der Waals surface area contributed by atoms with Gasteiger partial charge in [-0.1, -0.05) is 0 Å². The number of aromatic nitrogens is 5. The molecule has 7 nitrogen and oxygen atoms in total. The molecule has 0 unspecified atom stereocenters. The summed E-state index contributed by atoms with van der Waals surface area (Å²) in [5.74, 6) is 0. The van der Waals surface area contributed by atoms with Crippen LogP contribution < -0.4 is 5.56 Å². The number of H-pyrrole nitrogens is 3. The molecule has 0 fully saturated rings. The van der Waals surface area contributed by atoms with E-state index in [-0.39, 0.29) is 5.56 Å². The number of nitrogens with zero attached hydrogens (tertiary/aromatic N) is 3. The Balaban J connectivity index is 1.76. The molecule has 0 atom stereocenters. The summed E-state index contributed by atoms with van der Waals surface area (Å²) >= 11 is 0. The van der Waals surface area contributed by atoms with Gasteiger partial charge in [-0.3, -0.25) is 19.9 Å². The average Bonchev–Trinajstić information content (AvgIpc) is 3.19. The van der Waals surface area contributed by atoms with Crippen LogP contribution in [0.15, 0.2) is 23.4 Å². The molecule has 136 valence electrons. The second-order valence-electron chi connectivity index (χ2n) is 7.17. The summed E-state index contributed by atoms with van der Waals surface area (Å²) in [6.07, 6.45) is 10.4. The van der Waals surface area contributed by atoms with Crippen LogP contribution in [0, 0.1) is 0 Å². The molecule has 0 aromatic carbocycles. The van der Waals surface area contributed by atoms with Crippen LogP contribution in [0.3, 0.4) is 0 Å². The van der Waals surface area contributed by atoms with E-state index in [4.69, 9.17) is 0 Å². The molecule has 0 amide bonds. The van der Waals surface area contributed by atoms with E-state index in [9.17, 15) is 4.79 Å². The van der Waals surface area contributed by atoms with E-state index >= 15 is 0 Å².